The summed E-state index contributed by atoms with van der Waals surface area (Å²) < 4.78 is 1.86. The summed E-state index contributed by atoms with van der Waals surface area (Å²) >= 11 is 1.69. The third-order valence-electron chi connectivity index (χ3n) is 2.28. The maximum atomic E-state index is 5.85. The molecule has 0 bridgehead atoms. The predicted molar refractivity (Wildman–Crippen MR) is 59.5 cm³/mol. The van der Waals surface area contributed by atoms with Crippen LogP contribution in [0.3, 0.4) is 0 Å². The summed E-state index contributed by atoms with van der Waals surface area (Å²) in [5.41, 5.74) is 8.07. The van der Waals surface area contributed by atoms with Crippen LogP contribution in [0.2, 0.25) is 0 Å². The summed E-state index contributed by atoms with van der Waals surface area (Å²) in [6.45, 7) is 4.05. The minimum absolute atomic E-state index is 0.218. The first-order valence-corrected chi connectivity index (χ1v) is 5.46. The van der Waals surface area contributed by atoms with Crippen LogP contribution in [0.1, 0.15) is 24.2 Å². The summed E-state index contributed by atoms with van der Waals surface area (Å²) in [6.07, 6.45) is 0. The molecule has 0 aromatic carbocycles. The van der Waals surface area contributed by atoms with Crippen LogP contribution in [-0.4, -0.2) is 9.78 Å². The van der Waals surface area contributed by atoms with E-state index in [1.165, 1.54) is 5.56 Å². The number of hydrogen-bond acceptors (Lipinski definition) is 3. The fraction of sp³-hybridized carbons (Fsp3) is 0.300. The van der Waals surface area contributed by atoms with Gasteiger partial charge in [-0.25, -0.2) is 4.68 Å². The first-order valence-electron chi connectivity index (χ1n) is 4.52. The molecular weight excluding hydrogens is 194 g/mol. The van der Waals surface area contributed by atoms with Crippen molar-refractivity contribution in [3.05, 3.63) is 34.2 Å². The number of hydrogen-bond donors (Lipinski definition) is 1. The molecule has 2 rings (SSSR count). The topological polar surface area (TPSA) is 43.8 Å². The van der Waals surface area contributed by atoms with Crippen molar-refractivity contribution in [2.24, 2.45) is 0 Å². The van der Waals surface area contributed by atoms with Crippen molar-refractivity contribution >= 4 is 17.2 Å². The largest absolute Gasteiger partial charge is 0.384 e. The van der Waals surface area contributed by atoms with Gasteiger partial charge in [0.1, 0.15) is 5.82 Å². The lowest BCUT2D eigenvalue weighted by molar-refractivity contribution is 0.570. The smallest absolute Gasteiger partial charge is 0.122 e. The van der Waals surface area contributed by atoms with Gasteiger partial charge in [-0.3, -0.25) is 0 Å². The molecule has 0 radical (unpaired) electrons. The molecule has 0 aliphatic carbocycles. The Morgan fingerprint density at radius 1 is 1.57 bits per heavy atom. The highest BCUT2D eigenvalue weighted by molar-refractivity contribution is 7.07. The first-order chi connectivity index (χ1) is 6.68. The van der Waals surface area contributed by atoms with E-state index in [-0.39, 0.29) is 6.04 Å². The Morgan fingerprint density at radius 3 is 2.86 bits per heavy atom. The zero-order chi connectivity index (χ0) is 10.1. The van der Waals surface area contributed by atoms with Crippen molar-refractivity contribution in [1.29, 1.82) is 0 Å². The zero-order valence-electron chi connectivity index (χ0n) is 8.27. The van der Waals surface area contributed by atoms with E-state index in [4.69, 9.17) is 5.73 Å². The standard InChI is InChI=1S/C10H13N3S/c1-7-5-10(11)13(12-7)8(2)9-3-4-14-6-9/h3-6,8H,11H2,1-2H3/t8-/m0/s1. The molecule has 74 valence electrons. The average molecular weight is 207 g/mol. The summed E-state index contributed by atoms with van der Waals surface area (Å²) in [5, 5.41) is 8.56. The van der Waals surface area contributed by atoms with Gasteiger partial charge < -0.3 is 5.73 Å². The van der Waals surface area contributed by atoms with Crippen molar-refractivity contribution < 1.29 is 0 Å². The molecule has 3 nitrogen and oxygen atoms in total. The molecule has 0 aliphatic rings. The molecule has 0 amide bonds. The van der Waals surface area contributed by atoms with Gasteiger partial charge in [0.15, 0.2) is 0 Å². The van der Waals surface area contributed by atoms with Crippen LogP contribution in [0, 0.1) is 6.92 Å². The van der Waals surface area contributed by atoms with E-state index in [0.29, 0.717) is 0 Å². The van der Waals surface area contributed by atoms with Crippen LogP contribution in [0.25, 0.3) is 0 Å². The normalized spacial score (nSPS) is 13.0. The lowest BCUT2D eigenvalue weighted by Gasteiger charge is -2.11. The number of nitrogens with zero attached hydrogens (tertiary/aromatic N) is 2. The second-order valence-corrected chi connectivity index (χ2v) is 4.17. The quantitative estimate of drug-likeness (QED) is 0.822. The SMILES string of the molecule is Cc1cc(N)n([C@@H](C)c2ccsc2)n1. The van der Waals surface area contributed by atoms with E-state index in [0.717, 1.165) is 11.5 Å². The van der Waals surface area contributed by atoms with E-state index in [1.807, 2.05) is 17.7 Å². The Balaban J connectivity index is 2.36. The van der Waals surface area contributed by atoms with Crippen LogP contribution in [0.4, 0.5) is 5.82 Å². The number of thiophene rings is 1. The van der Waals surface area contributed by atoms with Crippen LogP contribution in [0.15, 0.2) is 22.9 Å². The van der Waals surface area contributed by atoms with E-state index in [1.54, 1.807) is 11.3 Å². The Bertz CT molecular complexity index is 417. The predicted octanol–water partition coefficient (Wildman–Crippen LogP) is 2.44. The second kappa shape index (κ2) is 3.46. The Kier molecular flexibility index (Phi) is 2.29. The van der Waals surface area contributed by atoms with Gasteiger partial charge in [-0.05, 0) is 36.2 Å². The second-order valence-electron chi connectivity index (χ2n) is 3.39. The van der Waals surface area contributed by atoms with Crippen LogP contribution in [0.5, 0.6) is 0 Å². The Hall–Kier alpha value is -1.29. The van der Waals surface area contributed by atoms with Crippen LogP contribution < -0.4 is 5.73 Å². The first kappa shape index (κ1) is 9.27. The van der Waals surface area contributed by atoms with Gasteiger partial charge in [0.05, 0.1) is 11.7 Å². The minimum Gasteiger partial charge on any atom is -0.384 e. The lowest BCUT2D eigenvalue weighted by atomic mass is 10.2. The molecule has 1 atom stereocenters. The molecule has 2 heterocycles. The Morgan fingerprint density at radius 2 is 2.36 bits per heavy atom. The molecule has 2 N–H and O–H groups in total. The maximum absolute atomic E-state index is 5.85. The number of aromatic nitrogens is 2. The maximum Gasteiger partial charge on any atom is 0.122 e. The molecule has 0 aliphatic heterocycles. The van der Waals surface area contributed by atoms with Gasteiger partial charge in [0.2, 0.25) is 0 Å². The molecule has 14 heavy (non-hydrogen) atoms. The third kappa shape index (κ3) is 1.53. The van der Waals surface area contributed by atoms with Gasteiger partial charge in [0.25, 0.3) is 0 Å². The summed E-state index contributed by atoms with van der Waals surface area (Å²) in [4.78, 5) is 0. The highest BCUT2D eigenvalue weighted by atomic mass is 32.1. The minimum atomic E-state index is 0.218. The number of nitrogens with two attached hydrogens (primary N) is 1. The fourth-order valence-corrected chi connectivity index (χ4v) is 2.25. The number of nitrogen functional groups attached to an aromatic ring is 1. The fourth-order valence-electron chi connectivity index (χ4n) is 1.50. The molecule has 4 heteroatoms. The van der Waals surface area contributed by atoms with Crippen molar-refractivity contribution in [3.8, 4) is 0 Å². The monoisotopic (exact) mass is 207 g/mol. The van der Waals surface area contributed by atoms with Gasteiger partial charge in [-0.2, -0.15) is 16.4 Å². The van der Waals surface area contributed by atoms with E-state index < -0.39 is 0 Å². The van der Waals surface area contributed by atoms with Gasteiger partial charge >= 0.3 is 0 Å². The molecule has 2 aromatic heterocycles. The lowest BCUT2D eigenvalue weighted by Crippen LogP contribution is -2.10. The van der Waals surface area contributed by atoms with Gasteiger partial charge in [-0.15, -0.1) is 0 Å². The zero-order valence-corrected chi connectivity index (χ0v) is 9.08. The number of anilines is 1. The summed E-state index contributed by atoms with van der Waals surface area (Å²) in [6, 6.07) is 4.21. The Labute approximate surface area is 87.2 Å². The highest BCUT2D eigenvalue weighted by Crippen LogP contribution is 2.22. The van der Waals surface area contributed by atoms with E-state index >= 15 is 0 Å². The van der Waals surface area contributed by atoms with E-state index in [2.05, 4.69) is 28.8 Å². The van der Waals surface area contributed by atoms with Crippen molar-refractivity contribution in [2.75, 3.05) is 5.73 Å². The molecule has 0 fully saturated rings. The summed E-state index contributed by atoms with van der Waals surface area (Å²) in [7, 11) is 0. The number of aryl methyl sites for hydroxylation is 1. The number of rotatable bonds is 2. The van der Waals surface area contributed by atoms with Crippen molar-refractivity contribution in [3.63, 3.8) is 0 Å². The molecule has 2 aromatic rings. The highest BCUT2D eigenvalue weighted by Gasteiger charge is 2.11. The molecule has 0 unspecified atom stereocenters. The summed E-state index contributed by atoms with van der Waals surface area (Å²) in [5.74, 6) is 0.723. The molecule has 0 spiro atoms. The molecule has 0 saturated carbocycles. The van der Waals surface area contributed by atoms with Gasteiger partial charge in [-0.1, -0.05) is 0 Å². The van der Waals surface area contributed by atoms with Crippen LogP contribution in [-0.2, 0) is 0 Å². The van der Waals surface area contributed by atoms with Crippen molar-refractivity contribution in [2.45, 2.75) is 19.9 Å². The van der Waals surface area contributed by atoms with E-state index in [9.17, 15) is 0 Å². The average Bonchev–Trinajstić information content (AvgIpc) is 2.73. The van der Waals surface area contributed by atoms with Crippen molar-refractivity contribution in [1.82, 2.24) is 9.78 Å². The third-order valence-corrected chi connectivity index (χ3v) is 2.98. The molecular formula is C10H13N3S. The molecule has 0 saturated heterocycles. The van der Waals surface area contributed by atoms with Gasteiger partial charge in [0, 0.05) is 6.07 Å². The van der Waals surface area contributed by atoms with Crippen LogP contribution >= 0.6 is 11.3 Å².